The number of nitrogens with zero attached hydrogens (tertiary/aromatic N) is 2. The zero-order valence-electron chi connectivity index (χ0n) is 13.8. The first-order valence-electron chi connectivity index (χ1n) is 7.99. The first-order chi connectivity index (χ1) is 10.7. The number of fused-ring (bicyclic) bond motifs is 1. The van der Waals surface area contributed by atoms with E-state index in [4.69, 9.17) is 5.73 Å². The largest absolute Gasteiger partial charge is 0.327 e. The molecule has 4 nitrogen and oxygen atoms in total. The number of nitrogens with two attached hydrogens (primary N) is 1. The highest BCUT2D eigenvalue weighted by Crippen LogP contribution is 2.53. The molecule has 23 heavy (non-hydrogen) atoms. The van der Waals surface area contributed by atoms with Crippen molar-refractivity contribution < 1.29 is 9.18 Å². The molecule has 2 N–H and O–H groups in total. The van der Waals surface area contributed by atoms with Gasteiger partial charge in [-0.25, -0.2) is 4.39 Å². The molecule has 2 aliphatic heterocycles. The average molecular weight is 315 g/mol. The number of aryl methyl sites for hydroxylation is 1. The molecular weight excluding hydrogens is 293 g/mol. The van der Waals surface area contributed by atoms with Crippen LogP contribution in [0.1, 0.15) is 44.2 Å². The van der Waals surface area contributed by atoms with E-state index >= 15 is 0 Å². The van der Waals surface area contributed by atoms with Gasteiger partial charge in [0.05, 0.1) is 29.1 Å². The molecule has 122 valence electrons. The quantitative estimate of drug-likeness (QED) is 0.912. The molecule has 0 saturated carbocycles. The van der Waals surface area contributed by atoms with Crippen molar-refractivity contribution in [1.82, 2.24) is 4.90 Å². The third-order valence-electron chi connectivity index (χ3n) is 5.54. The maximum atomic E-state index is 13.9. The predicted molar refractivity (Wildman–Crippen MR) is 84.7 cm³/mol. The average Bonchev–Trinajstić information content (AvgIpc) is 2.99. The van der Waals surface area contributed by atoms with Crippen LogP contribution in [0.5, 0.6) is 0 Å². The molecular formula is C18H22FN3O. The van der Waals surface area contributed by atoms with Crippen LogP contribution in [0.25, 0.3) is 0 Å². The highest BCUT2D eigenvalue weighted by Gasteiger charge is 2.60. The lowest BCUT2D eigenvalue weighted by Crippen LogP contribution is -2.49. The van der Waals surface area contributed by atoms with Crippen molar-refractivity contribution in [1.29, 1.82) is 5.26 Å². The van der Waals surface area contributed by atoms with Crippen molar-refractivity contribution in [3.63, 3.8) is 0 Å². The number of benzene rings is 1. The van der Waals surface area contributed by atoms with Gasteiger partial charge >= 0.3 is 0 Å². The van der Waals surface area contributed by atoms with Crippen molar-refractivity contribution in [2.45, 2.75) is 57.7 Å². The Labute approximate surface area is 136 Å². The Bertz CT molecular complexity index is 709. The van der Waals surface area contributed by atoms with E-state index in [0.717, 1.165) is 17.5 Å². The van der Waals surface area contributed by atoms with Crippen molar-refractivity contribution in [2.24, 2.45) is 11.1 Å². The van der Waals surface area contributed by atoms with Crippen LogP contribution in [0.2, 0.25) is 0 Å². The summed E-state index contributed by atoms with van der Waals surface area (Å²) >= 11 is 0. The Morgan fingerprint density at radius 3 is 2.83 bits per heavy atom. The third-order valence-corrected chi connectivity index (χ3v) is 5.54. The van der Waals surface area contributed by atoms with Crippen LogP contribution in [0.15, 0.2) is 18.2 Å². The monoisotopic (exact) mass is 315 g/mol. The van der Waals surface area contributed by atoms with Crippen LogP contribution < -0.4 is 5.73 Å². The van der Waals surface area contributed by atoms with E-state index in [0.29, 0.717) is 12.8 Å². The summed E-state index contributed by atoms with van der Waals surface area (Å²) in [7, 11) is 0. The van der Waals surface area contributed by atoms with Gasteiger partial charge in [0.25, 0.3) is 0 Å². The highest BCUT2D eigenvalue weighted by atomic mass is 19.1. The second-order valence-corrected chi connectivity index (χ2v) is 7.40. The van der Waals surface area contributed by atoms with Gasteiger partial charge in [-0.3, -0.25) is 4.79 Å². The number of amides is 1. The number of hydrogen-bond acceptors (Lipinski definition) is 3. The second kappa shape index (κ2) is 5.04. The van der Waals surface area contributed by atoms with Crippen molar-refractivity contribution in [2.75, 3.05) is 0 Å². The summed E-state index contributed by atoms with van der Waals surface area (Å²) in [5.74, 6) is -0.435. The third kappa shape index (κ3) is 2.16. The van der Waals surface area contributed by atoms with E-state index in [2.05, 4.69) is 6.07 Å². The number of halogens is 1. The SMILES string of the molecule is Cc1ccc(F)cc1[C@]12CC[C@H](C(C)(C)C#N)N1C(=O)[C@@H](N)C2. The summed E-state index contributed by atoms with van der Waals surface area (Å²) < 4.78 is 13.9. The summed E-state index contributed by atoms with van der Waals surface area (Å²) in [5.41, 5.74) is 6.59. The maximum absolute atomic E-state index is 13.9. The summed E-state index contributed by atoms with van der Waals surface area (Å²) in [5, 5.41) is 9.50. The molecule has 3 atom stereocenters. The summed E-state index contributed by atoms with van der Waals surface area (Å²) in [6, 6.07) is 6.23. The first-order valence-corrected chi connectivity index (χ1v) is 7.99. The Morgan fingerprint density at radius 2 is 2.17 bits per heavy atom. The lowest BCUT2D eigenvalue weighted by molar-refractivity contribution is -0.134. The molecule has 0 aromatic heterocycles. The minimum absolute atomic E-state index is 0.125. The molecule has 0 bridgehead atoms. The smallest absolute Gasteiger partial charge is 0.240 e. The molecule has 2 aliphatic rings. The van der Waals surface area contributed by atoms with Gasteiger partial charge in [0.15, 0.2) is 0 Å². The lowest BCUT2D eigenvalue weighted by atomic mass is 9.82. The lowest BCUT2D eigenvalue weighted by Gasteiger charge is -2.40. The van der Waals surface area contributed by atoms with Gasteiger partial charge in [-0.1, -0.05) is 6.07 Å². The molecule has 1 amide bonds. The van der Waals surface area contributed by atoms with Gasteiger partial charge in [0, 0.05) is 0 Å². The number of nitriles is 1. The predicted octanol–water partition coefficient (Wildman–Crippen LogP) is 2.60. The second-order valence-electron chi connectivity index (χ2n) is 7.40. The van der Waals surface area contributed by atoms with Crippen molar-refractivity contribution >= 4 is 5.91 Å². The summed E-state index contributed by atoms with van der Waals surface area (Å²) in [4.78, 5) is 14.5. The van der Waals surface area contributed by atoms with Gasteiger partial charge in [-0.2, -0.15) is 5.26 Å². The number of rotatable bonds is 2. The maximum Gasteiger partial charge on any atom is 0.240 e. The van der Waals surface area contributed by atoms with E-state index < -0.39 is 17.0 Å². The molecule has 2 heterocycles. The molecule has 0 spiro atoms. The molecule has 1 aromatic rings. The first kappa shape index (κ1) is 15.9. The van der Waals surface area contributed by atoms with Crippen LogP contribution in [-0.2, 0) is 10.3 Å². The molecule has 0 aliphatic carbocycles. The topological polar surface area (TPSA) is 70.1 Å². The van der Waals surface area contributed by atoms with Crippen LogP contribution in [-0.4, -0.2) is 22.9 Å². The van der Waals surface area contributed by atoms with Gasteiger partial charge < -0.3 is 10.6 Å². The zero-order chi connectivity index (χ0) is 17.0. The van der Waals surface area contributed by atoms with Gasteiger partial charge in [0.2, 0.25) is 5.91 Å². The Balaban J connectivity index is 2.16. The van der Waals surface area contributed by atoms with E-state index in [-0.39, 0.29) is 17.8 Å². The number of hydrogen-bond donors (Lipinski definition) is 1. The van der Waals surface area contributed by atoms with Crippen LogP contribution in [0.4, 0.5) is 4.39 Å². The Kier molecular flexibility index (Phi) is 3.49. The van der Waals surface area contributed by atoms with Crippen molar-refractivity contribution in [3.05, 3.63) is 35.1 Å². The normalized spacial score (nSPS) is 30.4. The van der Waals surface area contributed by atoms with E-state index in [1.54, 1.807) is 11.0 Å². The van der Waals surface area contributed by atoms with E-state index in [1.807, 2.05) is 20.8 Å². The standard InChI is InChI=1S/C18H22FN3O/c1-11-4-5-12(19)8-13(11)18-7-6-15(17(2,3)10-20)22(18)16(23)14(21)9-18/h4-5,8,14-15H,6-7,9,21H2,1-3H3/t14-,15+,18+/m0/s1. The Hall–Kier alpha value is -1.93. The van der Waals surface area contributed by atoms with Crippen LogP contribution >= 0.6 is 0 Å². The van der Waals surface area contributed by atoms with E-state index in [9.17, 15) is 14.4 Å². The Morgan fingerprint density at radius 1 is 1.48 bits per heavy atom. The minimum atomic E-state index is -0.664. The van der Waals surface area contributed by atoms with E-state index in [1.165, 1.54) is 12.1 Å². The molecule has 2 fully saturated rings. The fourth-order valence-corrected chi connectivity index (χ4v) is 4.35. The number of carbonyl (C=O) groups is 1. The highest BCUT2D eigenvalue weighted by molar-refractivity contribution is 5.86. The van der Waals surface area contributed by atoms with Crippen LogP contribution in [0.3, 0.4) is 0 Å². The fraction of sp³-hybridized carbons (Fsp3) is 0.556. The number of carbonyl (C=O) groups excluding carboxylic acids is 1. The van der Waals surface area contributed by atoms with Gasteiger partial charge in [0.1, 0.15) is 5.82 Å². The van der Waals surface area contributed by atoms with Gasteiger partial charge in [-0.05, 0) is 63.3 Å². The molecule has 5 heteroatoms. The summed E-state index contributed by atoms with van der Waals surface area (Å²) in [6.07, 6.45) is 1.93. The molecule has 2 saturated heterocycles. The fourth-order valence-electron chi connectivity index (χ4n) is 4.35. The molecule has 0 unspecified atom stereocenters. The van der Waals surface area contributed by atoms with Gasteiger partial charge in [-0.15, -0.1) is 0 Å². The van der Waals surface area contributed by atoms with Crippen LogP contribution in [0, 0.1) is 29.5 Å². The molecule has 1 aromatic carbocycles. The minimum Gasteiger partial charge on any atom is -0.327 e. The molecule has 3 rings (SSSR count). The van der Waals surface area contributed by atoms with Crippen molar-refractivity contribution in [3.8, 4) is 6.07 Å². The summed E-state index contributed by atoms with van der Waals surface area (Å²) in [6.45, 7) is 5.63. The molecule has 0 radical (unpaired) electrons. The zero-order valence-corrected chi connectivity index (χ0v) is 13.8.